The van der Waals surface area contributed by atoms with Gasteiger partial charge in [-0.05, 0) is 24.6 Å². The Labute approximate surface area is 202 Å². The van der Waals surface area contributed by atoms with Crippen LogP contribution in [0.4, 0.5) is 19.0 Å². The summed E-state index contributed by atoms with van der Waals surface area (Å²) < 4.78 is 39.8. The van der Waals surface area contributed by atoms with Crippen molar-refractivity contribution in [2.45, 2.75) is 31.1 Å². The van der Waals surface area contributed by atoms with Gasteiger partial charge in [0.15, 0.2) is 0 Å². The van der Waals surface area contributed by atoms with Crippen molar-refractivity contribution in [3.63, 3.8) is 0 Å². The number of aromatic amines is 1. The SMILES string of the molecule is CC(NC(=O)c1cnc(N2CC(CC#N)(n3cc(-c4ccnc5[nH]ccc45)cn3)C2)cn1)C(F)(F)F. The largest absolute Gasteiger partial charge is 0.408 e. The molecule has 1 unspecified atom stereocenters. The van der Waals surface area contributed by atoms with Gasteiger partial charge in [-0.15, -0.1) is 0 Å². The summed E-state index contributed by atoms with van der Waals surface area (Å²) in [6.07, 6.45) is 5.31. The second-order valence-electron chi connectivity index (χ2n) is 8.68. The molecule has 5 rings (SSSR count). The van der Waals surface area contributed by atoms with Gasteiger partial charge in [0.05, 0.1) is 31.1 Å². The molecule has 1 atom stereocenters. The maximum Gasteiger partial charge on any atom is 0.408 e. The Hall–Kier alpha value is -4.47. The first-order valence-corrected chi connectivity index (χ1v) is 11.0. The number of anilines is 1. The summed E-state index contributed by atoms with van der Waals surface area (Å²) in [6.45, 7) is 1.69. The maximum absolute atomic E-state index is 12.7. The smallest absolute Gasteiger partial charge is 0.350 e. The van der Waals surface area contributed by atoms with Crippen LogP contribution in [0, 0.1) is 11.3 Å². The number of carbonyl (C=O) groups is 1. The van der Waals surface area contributed by atoms with Crippen LogP contribution < -0.4 is 10.2 Å². The molecule has 0 bridgehead atoms. The molecular formula is C23H20F3N9O. The zero-order valence-corrected chi connectivity index (χ0v) is 19.0. The van der Waals surface area contributed by atoms with Crippen molar-refractivity contribution < 1.29 is 18.0 Å². The molecule has 4 aromatic heterocycles. The lowest BCUT2D eigenvalue weighted by molar-refractivity contribution is -0.149. The molecule has 1 fully saturated rings. The van der Waals surface area contributed by atoms with Crippen LogP contribution in [0.5, 0.6) is 0 Å². The molecule has 0 aliphatic carbocycles. The monoisotopic (exact) mass is 495 g/mol. The number of aromatic nitrogens is 6. The summed E-state index contributed by atoms with van der Waals surface area (Å²) in [7, 11) is 0. The van der Waals surface area contributed by atoms with Crippen molar-refractivity contribution in [1.29, 1.82) is 5.26 Å². The Morgan fingerprint density at radius 3 is 2.75 bits per heavy atom. The van der Waals surface area contributed by atoms with Crippen molar-refractivity contribution in [1.82, 2.24) is 35.0 Å². The number of carbonyl (C=O) groups excluding carboxylic acids is 1. The fourth-order valence-electron chi connectivity index (χ4n) is 4.20. The van der Waals surface area contributed by atoms with Crippen molar-refractivity contribution in [3.8, 4) is 17.2 Å². The minimum Gasteiger partial charge on any atom is -0.350 e. The fourth-order valence-corrected chi connectivity index (χ4v) is 4.20. The number of rotatable bonds is 6. The number of nitriles is 1. The highest BCUT2D eigenvalue weighted by Crippen LogP contribution is 2.36. The number of hydrogen-bond acceptors (Lipinski definition) is 7. The Balaban J connectivity index is 1.31. The topological polar surface area (TPSA) is 128 Å². The molecule has 0 saturated carbocycles. The van der Waals surface area contributed by atoms with Gasteiger partial charge in [-0.3, -0.25) is 9.48 Å². The molecule has 13 heteroatoms. The Kier molecular flexibility index (Phi) is 5.58. The zero-order chi connectivity index (χ0) is 25.5. The van der Waals surface area contributed by atoms with Crippen LogP contribution in [-0.2, 0) is 5.54 Å². The van der Waals surface area contributed by atoms with Crippen molar-refractivity contribution in [2.75, 3.05) is 18.0 Å². The highest BCUT2D eigenvalue weighted by molar-refractivity contribution is 5.93. The number of H-pyrrole nitrogens is 1. The molecule has 2 N–H and O–H groups in total. The summed E-state index contributed by atoms with van der Waals surface area (Å²) in [5.74, 6) is -0.516. The van der Waals surface area contributed by atoms with E-state index in [2.05, 4.69) is 31.1 Å². The van der Waals surface area contributed by atoms with Gasteiger partial charge in [-0.25, -0.2) is 15.0 Å². The maximum atomic E-state index is 12.7. The number of fused-ring (bicyclic) bond motifs is 1. The number of alkyl halides is 3. The summed E-state index contributed by atoms with van der Waals surface area (Å²) in [6, 6.07) is 4.07. The molecule has 1 amide bonds. The van der Waals surface area contributed by atoms with E-state index in [1.807, 2.05) is 34.7 Å². The van der Waals surface area contributed by atoms with Crippen LogP contribution in [0.1, 0.15) is 23.8 Å². The van der Waals surface area contributed by atoms with Gasteiger partial charge >= 0.3 is 6.18 Å². The summed E-state index contributed by atoms with van der Waals surface area (Å²) >= 11 is 0. The third-order valence-electron chi connectivity index (χ3n) is 6.25. The molecule has 0 radical (unpaired) electrons. The summed E-state index contributed by atoms with van der Waals surface area (Å²) in [5, 5.41) is 16.8. The van der Waals surface area contributed by atoms with E-state index in [1.165, 1.54) is 6.20 Å². The number of hydrogen-bond donors (Lipinski definition) is 2. The van der Waals surface area contributed by atoms with E-state index in [4.69, 9.17) is 0 Å². The molecular weight excluding hydrogens is 475 g/mol. The molecule has 184 valence electrons. The van der Waals surface area contributed by atoms with Crippen molar-refractivity contribution in [2.24, 2.45) is 0 Å². The number of amides is 1. The number of pyridine rings is 1. The van der Waals surface area contributed by atoms with Gasteiger partial charge in [0, 0.05) is 42.6 Å². The Bertz CT molecular complexity index is 1450. The molecule has 1 aliphatic rings. The van der Waals surface area contributed by atoms with Gasteiger partial charge in [0.2, 0.25) is 0 Å². The van der Waals surface area contributed by atoms with Crippen LogP contribution in [0.2, 0.25) is 0 Å². The first-order valence-electron chi connectivity index (χ1n) is 11.0. The summed E-state index contributed by atoms with van der Waals surface area (Å²) in [4.78, 5) is 29.5. The highest BCUT2D eigenvalue weighted by Gasteiger charge is 2.46. The van der Waals surface area contributed by atoms with Gasteiger partial charge in [0.1, 0.15) is 28.7 Å². The number of halogens is 3. The molecule has 1 saturated heterocycles. The van der Waals surface area contributed by atoms with Crippen LogP contribution in [0.15, 0.2) is 49.3 Å². The van der Waals surface area contributed by atoms with Gasteiger partial charge < -0.3 is 15.2 Å². The number of nitrogens with one attached hydrogen (secondary N) is 2. The van der Waals surface area contributed by atoms with E-state index < -0.39 is 23.7 Å². The van der Waals surface area contributed by atoms with E-state index in [-0.39, 0.29) is 12.1 Å². The number of nitrogens with zero attached hydrogens (tertiary/aromatic N) is 7. The molecule has 36 heavy (non-hydrogen) atoms. The summed E-state index contributed by atoms with van der Waals surface area (Å²) in [5.41, 5.74) is 1.82. The van der Waals surface area contributed by atoms with E-state index in [9.17, 15) is 23.2 Å². The minimum atomic E-state index is -4.55. The van der Waals surface area contributed by atoms with E-state index >= 15 is 0 Å². The predicted octanol–water partition coefficient (Wildman–Crippen LogP) is 3.03. The molecule has 0 aromatic carbocycles. The average Bonchev–Trinajstić information content (AvgIpc) is 3.50. The van der Waals surface area contributed by atoms with Gasteiger partial charge in [0.25, 0.3) is 5.91 Å². The highest BCUT2D eigenvalue weighted by atomic mass is 19.4. The lowest BCUT2D eigenvalue weighted by Gasteiger charge is -2.49. The van der Waals surface area contributed by atoms with Gasteiger partial charge in [-0.2, -0.15) is 23.5 Å². The van der Waals surface area contributed by atoms with Crippen molar-refractivity contribution in [3.05, 3.63) is 55.0 Å². The Morgan fingerprint density at radius 2 is 2.06 bits per heavy atom. The molecule has 1 aliphatic heterocycles. The molecule has 0 spiro atoms. The third kappa shape index (κ3) is 4.10. The second-order valence-corrected chi connectivity index (χ2v) is 8.68. The lowest BCUT2D eigenvalue weighted by atomic mass is 9.87. The first-order chi connectivity index (χ1) is 17.2. The van der Waals surface area contributed by atoms with E-state index in [0.717, 1.165) is 35.3 Å². The van der Waals surface area contributed by atoms with Crippen molar-refractivity contribution >= 4 is 22.8 Å². The van der Waals surface area contributed by atoms with Crippen LogP contribution in [0.3, 0.4) is 0 Å². The fraction of sp³-hybridized carbons (Fsp3) is 0.304. The molecule has 5 heterocycles. The molecule has 10 nitrogen and oxygen atoms in total. The Morgan fingerprint density at radius 1 is 1.25 bits per heavy atom. The third-order valence-corrected chi connectivity index (χ3v) is 6.25. The van der Waals surface area contributed by atoms with E-state index in [0.29, 0.717) is 18.9 Å². The minimum absolute atomic E-state index is 0.212. The van der Waals surface area contributed by atoms with Gasteiger partial charge in [-0.1, -0.05) is 0 Å². The average molecular weight is 495 g/mol. The normalized spacial score (nSPS) is 15.8. The lowest BCUT2D eigenvalue weighted by Crippen LogP contribution is -2.63. The predicted molar refractivity (Wildman–Crippen MR) is 123 cm³/mol. The first kappa shape index (κ1) is 23.3. The van der Waals surface area contributed by atoms with E-state index in [1.54, 1.807) is 17.1 Å². The molecule has 4 aromatic rings. The van der Waals surface area contributed by atoms with Crippen LogP contribution in [-0.4, -0.2) is 60.9 Å². The standard InChI is InChI=1S/C23H20F3N9O/c1-14(23(24,25)26)33-21(36)18-9-31-19(10-30-18)34-12-22(13-34,4-5-27)35-11-15(8-32-35)16-2-6-28-20-17(16)3-7-29-20/h2-3,6-11,14H,4,12-13H2,1H3,(H,28,29)(H,33,36). The second kappa shape index (κ2) is 8.63. The van der Waals surface area contributed by atoms with Crippen LogP contribution >= 0.6 is 0 Å². The zero-order valence-electron chi connectivity index (χ0n) is 19.0. The van der Waals surface area contributed by atoms with Crippen LogP contribution in [0.25, 0.3) is 22.2 Å². The quantitative estimate of drug-likeness (QED) is 0.421.